The summed E-state index contributed by atoms with van der Waals surface area (Å²) in [5.41, 5.74) is -1.65. The maximum atomic E-state index is 13.2. The summed E-state index contributed by atoms with van der Waals surface area (Å²) in [5, 5.41) is 32.4. The Morgan fingerprint density at radius 2 is 1.36 bits per heavy atom. The van der Waals surface area contributed by atoms with E-state index in [1.165, 1.54) is 0 Å². The highest BCUT2D eigenvalue weighted by Gasteiger charge is 2.41. The van der Waals surface area contributed by atoms with Crippen LogP contribution in [-0.2, 0) is 27.6 Å². The fraction of sp³-hybridized carbons (Fsp3) is 0.588. The molecule has 0 aliphatic carbocycles. The molecule has 274 valence electrons. The van der Waals surface area contributed by atoms with Crippen molar-refractivity contribution >= 4 is 67.4 Å². The van der Waals surface area contributed by atoms with Crippen molar-refractivity contribution in [3.63, 3.8) is 0 Å². The normalized spacial score (nSPS) is 17.0. The van der Waals surface area contributed by atoms with Crippen LogP contribution in [0, 0.1) is 28.7 Å². The monoisotopic (exact) mass is 782 g/mol. The number of nitrogens with zero attached hydrogens (tertiary/aromatic N) is 2. The van der Waals surface area contributed by atoms with Crippen LogP contribution in [0.5, 0.6) is 11.5 Å². The van der Waals surface area contributed by atoms with Crippen LogP contribution in [0.2, 0.25) is 6.04 Å². The van der Waals surface area contributed by atoms with Crippen LogP contribution in [0.3, 0.4) is 0 Å². The second-order valence-corrected chi connectivity index (χ2v) is 20.5. The van der Waals surface area contributed by atoms with Gasteiger partial charge in [0.1, 0.15) is 35.9 Å². The van der Waals surface area contributed by atoms with Crippen LogP contribution in [-0.4, -0.2) is 76.3 Å². The van der Waals surface area contributed by atoms with Crippen molar-refractivity contribution in [2.24, 2.45) is 10.8 Å². The number of benzene rings is 1. The molecule has 0 amide bonds. The number of ketones is 2. The summed E-state index contributed by atoms with van der Waals surface area (Å²) >= 11 is 4.49. The van der Waals surface area contributed by atoms with E-state index >= 15 is 0 Å². The quantitative estimate of drug-likeness (QED) is 0.0516. The Morgan fingerprint density at radius 1 is 0.860 bits per heavy atom. The van der Waals surface area contributed by atoms with Gasteiger partial charge in [-0.3, -0.25) is 4.79 Å². The number of Topliss-reactive ketones (excluding diaryl/α,β-unsaturated/α-hetero) is 2. The van der Waals surface area contributed by atoms with Gasteiger partial charge in [0.15, 0.2) is 11.6 Å². The van der Waals surface area contributed by atoms with Gasteiger partial charge in [0.2, 0.25) is 5.70 Å². The van der Waals surface area contributed by atoms with E-state index in [2.05, 4.69) is 10.9 Å². The molecule has 0 saturated carbocycles. The van der Waals surface area contributed by atoms with Crippen LogP contribution < -0.4 is 4.74 Å². The standard InChI is InChI=1S/C34H46N2O9S4Si/c1-11-43-50(44-12-2,45-13-3)16-14-15-41-18-20(37)19-42-24-27-25(46-31(48-27)21(17-35)29(39)33(4,5)6)23(38)26-28(24)49-32(47-26)22(36-10)30(40)34(7,8)9/h20,37-38H,11-16,18-19H2,1-9H3/b31-21+,32-22+. The Bertz CT molecular complexity index is 1500. The minimum atomic E-state index is -2.81. The number of carbonyl (C=O) groups excluding carboxylic acids is 2. The predicted octanol–water partition coefficient (Wildman–Crippen LogP) is 8.04. The summed E-state index contributed by atoms with van der Waals surface area (Å²) in [6, 6.07) is 2.62. The van der Waals surface area contributed by atoms with Crippen molar-refractivity contribution in [3.8, 4) is 17.6 Å². The van der Waals surface area contributed by atoms with E-state index in [-0.39, 0.29) is 41.8 Å². The number of carbonyl (C=O) groups is 2. The number of fused-ring (bicyclic) bond motifs is 2. The first-order valence-electron chi connectivity index (χ1n) is 16.3. The lowest BCUT2D eigenvalue weighted by atomic mass is 9.87. The van der Waals surface area contributed by atoms with E-state index in [1.807, 2.05) is 20.8 Å². The summed E-state index contributed by atoms with van der Waals surface area (Å²) in [7, 11) is -2.81. The minimum absolute atomic E-state index is 0.0142. The summed E-state index contributed by atoms with van der Waals surface area (Å²) in [6.07, 6.45) is -0.417. The molecule has 0 fully saturated rings. The van der Waals surface area contributed by atoms with Crippen molar-refractivity contribution in [2.45, 2.75) is 100 Å². The molecule has 3 rings (SSSR count). The summed E-state index contributed by atoms with van der Waals surface area (Å²) in [5.74, 6) is -0.426. The number of ether oxygens (including phenoxy) is 2. The molecule has 2 aliphatic rings. The Morgan fingerprint density at radius 3 is 1.84 bits per heavy atom. The van der Waals surface area contributed by atoms with Crippen molar-refractivity contribution < 1.29 is 42.6 Å². The average Bonchev–Trinajstić information content (AvgIpc) is 3.67. The number of aliphatic hydroxyl groups is 1. The average molecular weight is 783 g/mol. The highest BCUT2D eigenvalue weighted by Crippen LogP contribution is 2.68. The number of phenolic OH excluding ortho intramolecular Hbond substituents is 1. The molecule has 1 unspecified atom stereocenters. The third kappa shape index (κ3) is 10.1. The molecule has 0 saturated heterocycles. The first-order valence-corrected chi connectivity index (χ1v) is 21.5. The zero-order valence-electron chi connectivity index (χ0n) is 30.0. The van der Waals surface area contributed by atoms with Gasteiger partial charge in [-0.1, -0.05) is 88.6 Å². The van der Waals surface area contributed by atoms with Gasteiger partial charge in [-0.2, -0.15) is 5.26 Å². The van der Waals surface area contributed by atoms with Crippen LogP contribution in [0.1, 0.15) is 68.7 Å². The molecule has 16 heteroatoms. The third-order valence-electron chi connectivity index (χ3n) is 7.05. The minimum Gasteiger partial charge on any atom is -0.505 e. The van der Waals surface area contributed by atoms with Crippen LogP contribution in [0.4, 0.5) is 0 Å². The number of hydrogen-bond acceptors (Lipinski definition) is 14. The van der Waals surface area contributed by atoms with Gasteiger partial charge in [0.25, 0.3) is 0 Å². The molecule has 1 aromatic carbocycles. The second-order valence-electron chi connectivity index (χ2n) is 13.2. The molecule has 1 aromatic rings. The van der Waals surface area contributed by atoms with Crippen LogP contribution >= 0.6 is 47.0 Å². The predicted molar refractivity (Wildman–Crippen MR) is 199 cm³/mol. The van der Waals surface area contributed by atoms with Gasteiger partial charge in [0, 0.05) is 43.3 Å². The molecule has 2 heterocycles. The SMILES string of the molecule is [C-]#[N+]/C(C(=O)C(C)(C)C)=C1\Sc2c(O)c3c(c(OCC(O)COCCC[Si](OCC)(OCC)OCC)c2S1)S/C(=C(\C#N)C(=O)C(C)(C)C)S3. The summed E-state index contributed by atoms with van der Waals surface area (Å²) in [6.45, 7) is 25.5. The molecular formula is C34H46N2O9S4Si. The van der Waals surface area contributed by atoms with Gasteiger partial charge < -0.3 is 37.8 Å². The zero-order valence-corrected chi connectivity index (χ0v) is 34.3. The molecule has 0 radical (unpaired) electrons. The lowest BCUT2D eigenvalue weighted by Gasteiger charge is -2.28. The Kier molecular flexibility index (Phi) is 15.4. The maximum absolute atomic E-state index is 13.2. The molecule has 2 N–H and O–H groups in total. The van der Waals surface area contributed by atoms with Crippen LogP contribution in [0.25, 0.3) is 4.85 Å². The van der Waals surface area contributed by atoms with E-state index < -0.39 is 25.7 Å². The van der Waals surface area contributed by atoms with Gasteiger partial charge in [-0.05, 0) is 27.2 Å². The first kappa shape index (κ1) is 42.4. The molecule has 11 nitrogen and oxygen atoms in total. The van der Waals surface area contributed by atoms with Crippen LogP contribution in [0.15, 0.2) is 39.3 Å². The number of nitriles is 1. The number of phenols is 1. The lowest BCUT2D eigenvalue weighted by molar-refractivity contribution is -0.122. The van der Waals surface area contributed by atoms with Crippen molar-refractivity contribution in [2.75, 3.05) is 39.6 Å². The molecular weight excluding hydrogens is 737 g/mol. The van der Waals surface area contributed by atoms with Crippen molar-refractivity contribution in [1.82, 2.24) is 0 Å². The number of aromatic hydroxyl groups is 1. The van der Waals surface area contributed by atoms with Gasteiger partial charge in [-0.15, -0.1) is 0 Å². The van der Waals surface area contributed by atoms with Crippen molar-refractivity contribution in [1.29, 1.82) is 5.26 Å². The van der Waals surface area contributed by atoms with E-state index in [9.17, 15) is 25.1 Å². The largest absolute Gasteiger partial charge is 0.505 e. The van der Waals surface area contributed by atoms with E-state index in [0.717, 1.165) is 47.0 Å². The Labute approximate surface area is 313 Å². The van der Waals surface area contributed by atoms with E-state index in [4.69, 9.17) is 29.3 Å². The maximum Gasteiger partial charge on any atom is 0.501 e. The number of rotatable bonds is 17. The zero-order chi connectivity index (χ0) is 37.4. The number of thioether (sulfide) groups is 4. The van der Waals surface area contributed by atoms with E-state index in [0.29, 0.717) is 72.7 Å². The first-order chi connectivity index (χ1) is 23.5. The summed E-state index contributed by atoms with van der Waals surface area (Å²) in [4.78, 5) is 31.7. The smallest absolute Gasteiger partial charge is 0.501 e. The number of aliphatic hydroxyl groups excluding tert-OH is 1. The highest BCUT2D eigenvalue weighted by molar-refractivity contribution is 8.26. The molecule has 0 spiro atoms. The lowest BCUT2D eigenvalue weighted by Crippen LogP contribution is -2.46. The van der Waals surface area contributed by atoms with Gasteiger partial charge >= 0.3 is 8.80 Å². The Balaban J connectivity index is 1.89. The molecule has 2 aliphatic heterocycles. The second kappa shape index (κ2) is 18.2. The Hall–Kier alpha value is -1.96. The van der Waals surface area contributed by atoms with Gasteiger partial charge in [-0.25, -0.2) is 4.85 Å². The fourth-order valence-electron chi connectivity index (χ4n) is 4.69. The molecule has 0 bridgehead atoms. The number of hydrogen-bond donors (Lipinski definition) is 2. The molecule has 0 aromatic heterocycles. The summed E-state index contributed by atoms with van der Waals surface area (Å²) < 4.78 is 30.5. The fourth-order valence-corrected chi connectivity index (χ4v) is 12.6. The number of allylic oxidation sites excluding steroid dienone is 2. The third-order valence-corrected chi connectivity index (χ3v) is 15.4. The highest BCUT2D eigenvalue weighted by atomic mass is 32.2. The molecule has 1 atom stereocenters. The topological polar surface area (TPSA) is 149 Å². The van der Waals surface area contributed by atoms with Crippen molar-refractivity contribution in [3.05, 3.63) is 31.2 Å². The van der Waals surface area contributed by atoms with E-state index in [1.54, 1.807) is 41.5 Å². The molecule has 50 heavy (non-hydrogen) atoms. The van der Waals surface area contributed by atoms with Gasteiger partial charge in [0.05, 0.1) is 41.2 Å².